The van der Waals surface area contributed by atoms with Gasteiger partial charge in [0.25, 0.3) is 0 Å². The molecule has 0 fully saturated rings. The van der Waals surface area contributed by atoms with Crippen LogP contribution in [0.1, 0.15) is 12.7 Å². The Bertz CT molecular complexity index is 635. The van der Waals surface area contributed by atoms with E-state index >= 15 is 0 Å². The number of carboxylic acids is 1. The second-order valence-electron chi connectivity index (χ2n) is 4.02. The van der Waals surface area contributed by atoms with Gasteiger partial charge in [-0.15, -0.1) is 0 Å². The molecule has 2 rings (SSSR count). The Hall–Kier alpha value is -2.01. The van der Waals surface area contributed by atoms with Crippen LogP contribution in [0.2, 0.25) is 5.02 Å². The van der Waals surface area contributed by atoms with Crippen LogP contribution in [0.5, 0.6) is 0 Å². The van der Waals surface area contributed by atoms with Crippen molar-refractivity contribution in [1.82, 2.24) is 4.90 Å². The van der Waals surface area contributed by atoms with Gasteiger partial charge in [0.05, 0.1) is 6.54 Å². The Kier molecular flexibility index (Phi) is 3.76. The summed E-state index contributed by atoms with van der Waals surface area (Å²) in [5.41, 5.74) is 0.651. The molecule has 2 aromatic rings. The van der Waals surface area contributed by atoms with Gasteiger partial charge >= 0.3 is 11.9 Å². The third-order valence-corrected chi connectivity index (χ3v) is 2.96. The van der Waals surface area contributed by atoms with Crippen LogP contribution >= 0.6 is 11.6 Å². The van der Waals surface area contributed by atoms with Crippen LogP contribution < -0.4 is 0 Å². The van der Waals surface area contributed by atoms with E-state index in [-0.39, 0.29) is 6.54 Å². The highest BCUT2D eigenvalue weighted by Gasteiger charge is 2.20. The molecule has 0 unspecified atom stereocenters. The fourth-order valence-corrected chi connectivity index (χ4v) is 1.98. The van der Waals surface area contributed by atoms with Gasteiger partial charge in [-0.1, -0.05) is 11.6 Å². The van der Waals surface area contributed by atoms with Crippen molar-refractivity contribution in [3.63, 3.8) is 0 Å². The number of carbonyl (C=O) groups excluding carboxylic acids is 1. The molecule has 0 spiro atoms. The molecule has 0 aliphatic rings. The van der Waals surface area contributed by atoms with Gasteiger partial charge in [0, 0.05) is 17.0 Å². The molecule has 1 heterocycles. The number of halogens is 1. The van der Waals surface area contributed by atoms with Gasteiger partial charge in [-0.3, -0.25) is 4.79 Å². The summed E-state index contributed by atoms with van der Waals surface area (Å²) in [6, 6.07) is 6.94. The maximum Gasteiger partial charge on any atom is 0.394 e. The molecule has 0 atom stereocenters. The standard InChI is InChI=1S/C13H12ClNO4/c1-2-15(12(16)13(17)18)7-10-6-8-5-9(14)3-4-11(8)19-10/h3-6H,2,7H2,1H3,(H,17,18). The molecule has 100 valence electrons. The lowest BCUT2D eigenvalue weighted by Crippen LogP contribution is -2.35. The maximum absolute atomic E-state index is 11.4. The molecule has 0 saturated heterocycles. The van der Waals surface area contributed by atoms with Crippen molar-refractivity contribution < 1.29 is 19.1 Å². The number of furan rings is 1. The molecule has 1 aromatic carbocycles. The number of rotatable bonds is 3. The molecule has 0 bridgehead atoms. The van der Waals surface area contributed by atoms with Gasteiger partial charge in [-0.25, -0.2) is 4.79 Å². The molecule has 0 radical (unpaired) electrons. The topological polar surface area (TPSA) is 70.8 Å². The van der Waals surface area contributed by atoms with Gasteiger partial charge in [0.1, 0.15) is 11.3 Å². The maximum atomic E-state index is 11.4. The fraction of sp³-hybridized carbons (Fsp3) is 0.231. The molecule has 0 aliphatic heterocycles. The van der Waals surface area contributed by atoms with Crippen molar-refractivity contribution in [2.24, 2.45) is 0 Å². The third-order valence-electron chi connectivity index (χ3n) is 2.73. The quantitative estimate of drug-likeness (QED) is 0.878. The molecule has 0 saturated carbocycles. The number of aliphatic carboxylic acids is 1. The summed E-state index contributed by atoms with van der Waals surface area (Å²) in [6.45, 7) is 2.12. The van der Waals surface area contributed by atoms with Crippen LogP contribution in [0.4, 0.5) is 0 Å². The molecule has 1 N–H and O–H groups in total. The van der Waals surface area contributed by atoms with Crippen LogP contribution in [0.15, 0.2) is 28.7 Å². The molecule has 1 aromatic heterocycles. The number of hydrogen-bond acceptors (Lipinski definition) is 3. The van der Waals surface area contributed by atoms with Crippen LogP contribution in [0, 0.1) is 0 Å². The summed E-state index contributed by atoms with van der Waals surface area (Å²) in [7, 11) is 0. The molecule has 6 heteroatoms. The zero-order valence-corrected chi connectivity index (χ0v) is 11.0. The molecule has 5 nitrogen and oxygen atoms in total. The van der Waals surface area contributed by atoms with E-state index in [0.717, 1.165) is 5.39 Å². The number of likely N-dealkylation sites (N-methyl/N-ethyl adjacent to an activating group) is 1. The van der Waals surface area contributed by atoms with Gasteiger partial charge in [0.15, 0.2) is 0 Å². The fourth-order valence-electron chi connectivity index (χ4n) is 1.80. The summed E-state index contributed by atoms with van der Waals surface area (Å²) in [6.07, 6.45) is 0. The van der Waals surface area contributed by atoms with E-state index in [1.807, 2.05) is 0 Å². The van der Waals surface area contributed by atoms with Crippen LogP contribution in [-0.4, -0.2) is 28.4 Å². The van der Waals surface area contributed by atoms with Gasteiger partial charge in [-0.05, 0) is 31.2 Å². The van der Waals surface area contributed by atoms with Gasteiger partial charge in [0.2, 0.25) is 0 Å². The Morgan fingerprint density at radius 2 is 2.11 bits per heavy atom. The van der Waals surface area contributed by atoms with Crippen molar-refractivity contribution in [3.8, 4) is 0 Å². The SMILES string of the molecule is CCN(Cc1cc2cc(Cl)ccc2o1)C(=O)C(=O)O. The number of benzene rings is 1. The monoisotopic (exact) mass is 281 g/mol. The van der Waals surface area contributed by atoms with E-state index in [2.05, 4.69) is 0 Å². The smallest absolute Gasteiger partial charge is 0.394 e. The van der Waals surface area contributed by atoms with Crippen molar-refractivity contribution in [1.29, 1.82) is 0 Å². The first-order valence-corrected chi connectivity index (χ1v) is 6.09. The zero-order valence-electron chi connectivity index (χ0n) is 10.2. The average molecular weight is 282 g/mol. The van der Waals surface area contributed by atoms with Crippen LogP contribution in [0.3, 0.4) is 0 Å². The summed E-state index contributed by atoms with van der Waals surface area (Å²) < 4.78 is 5.54. The van der Waals surface area contributed by atoms with E-state index in [1.165, 1.54) is 4.90 Å². The van der Waals surface area contributed by atoms with Gasteiger partial charge < -0.3 is 14.4 Å². The minimum atomic E-state index is -1.47. The Balaban J connectivity index is 2.24. The Labute approximate surface area is 114 Å². The van der Waals surface area contributed by atoms with E-state index in [9.17, 15) is 9.59 Å². The third kappa shape index (κ3) is 2.88. The van der Waals surface area contributed by atoms with E-state index in [0.29, 0.717) is 22.9 Å². The Morgan fingerprint density at radius 1 is 1.37 bits per heavy atom. The lowest BCUT2D eigenvalue weighted by atomic mass is 10.2. The number of hydrogen-bond donors (Lipinski definition) is 1. The Morgan fingerprint density at radius 3 is 2.74 bits per heavy atom. The number of amides is 1. The number of fused-ring (bicyclic) bond motifs is 1. The van der Waals surface area contributed by atoms with Gasteiger partial charge in [-0.2, -0.15) is 0 Å². The first-order valence-electron chi connectivity index (χ1n) is 5.71. The molecule has 19 heavy (non-hydrogen) atoms. The summed E-state index contributed by atoms with van der Waals surface area (Å²) in [5.74, 6) is -1.89. The normalized spacial score (nSPS) is 10.6. The number of carbonyl (C=O) groups is 2. The first kappa shape index (κ1) is 13.4. The zero-order chi connectivity index (χ0) is 14.0. The van der Waals surface area contributed by atoms with E-state index in [1.54, 1.807) is 31.2 Å². The summed E-state index contributed by atoms with van der Waals surface area (Å²) >= 11 is 5.87. The molecular formula is C13H12ClNO4. The van der Waals surface area contributed by atoms with E-state index < -0.39 is 11.9 Å². The average Bonchev–Trinajstić information content (AvgIpc) is 2.76. The van der Waals surface area contributed by atoms with Crippen LogP contribution in [-0.2, 0) is 16.1 Å². The number of nitrogens with zero attached hydrogens (tertiary/aromatic N) is 1. The second kappa shape index (κ2) is 5.32. The molecule has 0 aliphatic carbocycles. The van der Waals surface area contributed by atoms with E-state index in [4.69, 9.17) is 21.1 Å². The van der Waals surface area contributed by atoms with Crippen molar-refractivity contribution in [3.05, 3.63) is 35.0 Å². The minimum Gasteiger partial charge on any atom is -0.474 e. The predicted molar refractivity (Wildman–Crippen MR) is 70.0 cm³/mol. The van der Waals surface area contributed by atoms with Crippen molar-refractivity contribution in [2.75, 3.05) is 6.54 Å². The lowest BCUT2D eigenvalue weighted by molar-refractivity contribution is -0.156. The number of carboxylic acid groups (broad SMARTS) is 1. The molecular weight excluding hydrogens is 270 g/mol. The summed E-state index contributed by atoms with van der Waals surface area (Å²) in [5, 5.41) is 10.1. The van der Waals surface area contributed by atoms with Crippen molar-refractivity contribution in [2.45, 2.75) is 13.5 Å². The second-order valence-corrected chi connectivity index (χ2v) is 4.46. The first-order chi connectivity index (χ1) is 9.01. The molecule has 1 amide bonds. The van der Waals surface area contributed by atoms with Crippen molar-refractivity contribution >= 4 is 34.4 Å². The lowest BCUT2D eigenvalue weighted by Gasteiger charge is -2.16. The highest BCUT2D eigenvalue weighted by molar-refractivity contribution is 6.31. The summed E-state index contributed by atoms with van der Waals surface area (Å²) in [4.78, 5) is 23.3. The van der Waals surface area contributed by atoms with Crippen LogP contribution in [0.25, 0.3) is 11.0 Å². The highest BCUT2D eigenvalue weighted by Crippen LogP contribution is 2.23. The minimum absolute atomic E-state index is 0.119. The predicted octanol–water partition coefficient (Wildman–Crippen LogP) is 2.52. The highest BCUT2D eigenvalue weighted by atomic mass is 35.5. The largest absolute Gasteiger partial charge is 0.474 e.